The molecule has 2 aliphatic rings. The van der Waals surface area contributed by atoms with Crippen LogP contribution < -0.4 is 16.1 Å². The van der Waals surface area contributed by atoms with Gasteiger partial charge in [0.05, 0.1) is 48.8 Å². The minimum absolute atomic E-state index is 0.0104. The van der Waals surface area contributed by atoms with Crippen LogP contribution in [0.4, 0.5) is 5.69 Å². The average Bonchev–Trinajstić information content (AvgIpc) is 3.41. The molecule has 0 bridgehead atoms. The Morgan fingerprint density at radius 1 is 0.769 bits per heavy atom. The first-order chi connectivity index (χ1) is 25.3. The van der Waals surface area contributed by atoms with Gasteiger partial charge in [-0.25, -0.2) is 4.79 Å². The van der Waals surface area contributed by atoms with Gasteiger partial charge in [-0.1, -0.05) is 48.5 Å². The summed E-state index contributed by atoms with van der Waals surface area (Å²) in [6, 6.07) is 24.1. The maximum atomic E-state index is 13.2. The number of fused-ring (bicyclic) bond motifs is 3. The molecule has 0 radical (unpaired) electrons. The van der Waals surface area contributed by atoms with Gasteiger partial charge in [-0.3, -0.25) is 34.2 Å². The summed E-state index contributed by atoms with van der Waals surface area (Å²) in [6.07, 6.45) is 0.129. The molecule has 52 heavy (non-hydrogen) atoms. The maximum absolute atomic E-state index is 13.2. The third-order valence-electron chi connectivity index (χ3n) is 9.01. The summed E-state index contributed by atoms with van der Waals surface area (Å²) in [7, 11) is 0. The zero-order valence-corrected chi connectivity index (χ0v) is 27.9. The van der Waals surface area contributed by atoms with E-state index in [1.54, 1.807) is 30.3 Å². The highest BCUT2D eigenvalue weighted by atomic mass is 16.6. The number of piperidine rings is 1. The average molecular weight is 703 g/mol. The van der Waals surface area contributed by atoms with Crippen molar-refractivity contribution in [1.82, 2.24) is 15.2 Å². The van der Waals surface area contributed by atoms with Crippen molar-refractivity contribution in [3.05, 3.63) is 112 Å². The summed E-state index contributed by atoms with van der Waals surface area (Å²) in [6.45, 7) is 1.26. The molecule has 1 aromatic heterocycles. The van der Waals surface area contributed by atoms with Crippen molar-refractivity contribution in [2.24, 2.45) is 0 Å². The minimum Gasteiger partial charge on any atom is -0.460 e. The minimum atomic E-state index is -1.04. The van der Waals surface area contributed by atoms with E-state index in [0.29, 0.717) is 28.8 Å². The molecule has 13 heteroatoms. The Bertz CT molecular complexity index is 2290. The fourth-order valence-corrected chi connectivity index (χ4v) is 6.50. The molecule has 2 aliphatic heterocycles. The van der Waals surface area contributed by atoms with E-state index in [9.17, 15) is 28.8 Å². The SMILES string of the molecule is O=C1CCC(N2C(=O)c3cccc(NCCOCCOCCOC(=O)c4ccc5[nH]c(-c6cccc7ccccc67)cc(=O)c5c4)c3C2=O)C(=O)N1. The molecule has 1 atom stereocenters. The van der Waals surface area contributed by atoms with E-state index < -0.39 is 35.6 Å². The lowest BCUT2D eigenvalue weighted by Crippen LogP contribution is -2.54. The molecule has 1 unspecified atom stereocenters. The number of hydrogen-bond acceptors (Lipinski definition) is 10. The molecular weight excluding hydrogens is 668 g/mol. The zero-order valence-electron chi connectivity index (χ0n) is 27.9. The van der Waals surface area contributed by atoms with E-state index in [1.165, 1.54) is 12.1 Å². The lowest BCUT2D eigenvalue weighted by molar-refractivity contribution is -0.136. The number of carbonyl (C=O) groups is 5. The third kappa shape index (κ3) is 6.91. The summed E-state index contributed by atoms with van der Waals surface area (Å²) in [5.74, 6) is -2.83. The van der Waals surface area contributed by atoms with Crippen LogP contribution in [-0.4, -0.2) is 85.1 Å². The van der Waals surface area contributed by atoms with Crippen LogP contribution >= 0.6 is 0 Å². The number of ether oxygens (including phenoxy) is 3. The maximum Gasteiger partial charge on any atom is 0.338 e. The van der Waals surface area contributed by atoms with Gasteiger partial charge in [-0.05, 0) is 47.5 Å². The molecule has 0 aliphatic carbocycles. The van der Waals surface area contributed by atoms with Gasteiger partial charge in [0.25, 0.3) is 11.8 Å². The first-order valence-electron chi connectivity index (χ1n) is 16.9. The number of aromatic amines is 1. The number of anilines is 1. The van der Waals surface area contributed by atoms with Gasteiger partial charge < -0.3 is 24.5 Å². The van der Waals surface area contributed by atoms with Crippen LogP contribution in [0.1, 0.15) is 43.9 Å². The summed E-state index contributed by atoms with van der Waals surface area (Å²) in [4.78, 5) is 80.1. The fraction of sp³-hybridized carbons (Fsp3) is 0.231. The Morgan fingerprint density at radius 3 is 2.37 bits per heavy atom. The quantitative estimate of drug-likeness (QED) is 0.0923. The number of aromatic nitrogens is 1. The Labute approximate surface area is 296 Å². The van der Waals surface area contributed by atoms with Crippen molar-refractivity contribution in [2.45, 2.75) is 18.9 Å². The van der Waals surface area contributed by atoms with Crippen molar-refractivity contribution in [1.29, 1.82) is 0 Å². The lowest BCUT2D eigenvalue weighted by atomic mass is 10.0. The second kappa shape index (κ2) is 15.0. The van der Waals surface area contributed by atoms with Crippen LogP contribution in [0.25, 0.3) is 32.9 Å². The van der Waals surface area contributed by atoms with E-state index in [2.05, 4.69) is 15.6 Å². The Balaban J connectivity index is 0.831. The van der Waals surface area contributed by atoms with Gasteiger partial charge in [-0.2, -0.15) is 0 Å². The number of nitrogens with one attached hydrogen (secondary N) is 3. The zero-order chi connectivity index (χ0) is 36.2. The van der Waals surface area contributed by atoms with E-state index in [-0.39, 0.29) is 68.0 Å². The van der Waals surface area contributed by atoms with Crippen LogP contribution in [0.3, 0.4) is 0 Å². The molecule has 13 nitrogen and oxygen atoms in total. The number of esters is 1. The molecular formula is C39H34N4O9. The normalized spacial score (nSPS) is 15.6. The molecule has 3 N–H and O–H groups in total. The summed E-state index contributed by atoms with van der Waals surface area (Å²) < 4.78 is 16.4. The van der Waals surface area contributed by atoms with E-state index in [4.69, 9.17) is 14.2 Å². The number of rotatable bonds is 13. The second-order valence-electron chi connectivity index (χ2n) is 12.3. The monoisotopic (exact) mass is 702 g/mol. The van der Waals surface area contributed by atoms with Crippen LogP contribution in [0, 0.1) is 0 Å². The van der Waals surface area contributed by atoms with Crippen LogP contribution in [0.2, 0.25) is 0 Å². The first-order valence-corrected chi connectivity index (χ1v) is 16.9. The van der Waals surface area contributed by atoms with Gasteiger partial charge in [-0.15, -0.1) is 0 Å². The molecule has 3 heterocycles. The Hall–Kier alpha value is -6.18. The van der Waals surface area contributed by atoms with E-state index in [0.717, 1.165) is 21.2 Å². The number of H-pyrrole nitrogens is 1. The first kappa shape index (κ1) is 34.3. The summed E-state index contributed by atoms with van der Waals surface area (Å²) in [5.41, 5.74) is 3.06. The molecule has 7 rings (SSSR count). The van der Waals surface area contributed by atoms with Gasteiger partial charge in [0.15, 0.2) is 5.43 Å². The number of hydrogen-bond donors (Lipinski definition) is 3. The van der Waals surface area contributed by atoms with Crippen molar-refractivity contribution in [2.75, 3.05) is 44.9 Å². The van der Waals surface area contributed by atoms with Crippen LogP contribution in [0.5, 0.6) is 0 Å². The van der Waals surface area contributed by atoms with Crippen LogP contribution in [0.15, 0.2) is 89.7 Å². The van der Waals surface area contributed by atoms with Gasteiger partial charge >= 0.3 is 5.97 Å². The molecule has 0 spiro atoms. The molecule has 0 saturated carbocycles. The summed E-state index contributed by atoms with van der Waals surface area (Å²) in [5, 5.41) is 7.77. The number of nitrogens with zero attached hydrogens (tertiary/aromatic N) is 1. The molecule has 1 fully saturated rings. The standard InChI is InChI=1S/C39H34N4O9/c44-33-22-31(26-8-3-6-23-5-1-2-7-25(23)26)41-29-12-11-24(21-28(29)33)39(49)52-20-19-51-18-17-50-16-15-40-30-10-4-9-27-35(30)38(48)43(37(27)47)32-13-14-34(45)42-36(32)46/h1-12,21-22,32,40H,13-20H2,(H,41,44)(H,42,45,46). The van der Waals surface area contributed by atoms with Crippen LogP contribution in [-0.2, 0) is 23.8 Å². The van der Waals surface area contributed by atoms with Crippen molar-refractivity contribution >= 4 is 57.0 Å². The van der Waals surface area contributed by atoms with Gasteiger partial charge in [0.2, 0.25) is 11.8 Å². The number of carbonyl (C=O) groups excluding carboxylic acids is 5. The predicted molar refractivity (Wildman–Crippen MR) is 191 cm³/mol. The molecule has 5 aromatic rings. The van der Waals surface area contributed by atoms with Gasteiger partial charge in [0.1, 0.15) is 12.6 Å². The largest absolute Gasteiger partial charge is 0.460 e. The predicted octanol–water partition coefficient (Wildman–Crippen LogP) is 4.05. The number of amides is 4. The second-order valence-corrected chi connectivity index (χ2v) is 12.3. The van der Waals surface area contributed by atoms with Crippen molar-refractivity contribution < 1.29 is 38.2 Å². The Morgan fingerprint density at radius 2 is 1.52 bits per heavy atom. The highest BCUT2D eigenvalue weighted by molar-refractivity contribution is 6.25. The lowest BCUT2D eigenvalue weighted by Gasteiger charge is -2.27. The number of benzene rings is 4. The summed E-state index contributed by atoms with van der Waals surface area (Å²) >= 11 is 0. The highest BCUT2D eigenvalue weighted by Crippen LogP contribution is 2.32. The molecule has 4 aromatic carbocycles. The smallest absolute Gasteiger partial charge is 0.338 e. The molecule has 264 valence electrons. The van der Waals surface area contributed by atoms with Gasteiger partial charge in [0, 0.05) is 41.2 Å². The number of pyridine rings is 1. The van der Waals surface area contributed by atoms with E-state index in [1.807, 2.05) is 42.5 Å². The number of imide groups is 2. The Kier molecular flexibility index (Phi) is 9.87. The topological polar surface area (TPSA) is 173 Å². The third-order valence-corrected chi connectivity index (χ3v) is 9.01. The molecule has 1 saturated heterocycles. The van der Waals surface area contributed by atoms with Crippen molar-refractivity contribution in [3.8, 4) is 11.3 Å². The molecule has 4 amide bonds. The van der Waals surface area contributed by atoms with Crippen molar-refractivity contribution in [3.63, 3.8) is 0 Å². The van der Waals surface area contributed by atoms with E-state index >= 15 is 0 Å². The highest BCUT2D eigenvalue weighted by Gasteiger charge is 2.45. The fourth-order valence-electron chi connectivity index (χ4n) is 6.50.